The van der Waals surface area contributed by atoms with Crippen molar-refractivity contribution in [3.05, 3.63) is 34.9 Å². The van der Waals surface area contributed by atoms with Gasteiger partial charge in [-0.05, 0) is 29.0 Å². The van der Waals surface area contributed by atoms with Gasteiger partial charge in [0, 0.05) is 0 Å². The van der Waals surface area contributed by atoms with Gasteiger partial charge in [0.05, 0.1) is 0 Å². The summed E-state index contributed by atoms with van der Waals surface area (Å²) in [5, 5.41) is 0. The molecule has 0 bridgehead atoms. The van der Waals surface area contributed by atoms with Crippen molar-refractivity contribution in [2.45, 2.75) is 39.8 Å². The van der Waals surface area contributed by atoms with E-state index in [-0.39, 0.29) is 6.67 Å². The third-order valence-electron chi connectivity index (χ3n) is 2.38. The molecule has 0 nitrogen and oxygen atoms in total. The average Bonchev–Trinajstić information content (AvgIpc) is 2.16. The summed E-state index contributed by atoms with van der Waals surface area (Å²) in [6, 6.07) is 6.05. The highest BCUT2D eigenvalue weighted by Crippen LogP contribution is 2.22. The number of hydrogen-bond acceptors (Lipinski definition) is 0. The molecule has 1 aromatic carbocycles. The molecule has 1 aromatic rings. The van der Waals surface area contributed by atoms with Crippen LogP contribution in [0.15, 0.2) is 18.2 Å². The van der Waals surface area contributed by atoms with Crippen molar-refractivity contribution in [3.63, 3.8) is 0 Å². The molecule has 0 amide bonds. The van der Waals surface area contributed by atoms with Crippen molar-refractivity contribution in [2.24, 2.45) is 0 Å². The van der Waals surface area contributed by atoms with E-state index in [0.29, 0.717) is 5.92 Å². The van der Waals surface area contributed by atoms with Crippen molar-refractivity contribution < 1.29 is 4.39 Å². The maximum absolute atomic E-state index is 12.6. The molecule has 0 N–H and O–H groups in total. The highest BCUT2D eigenvalue weighted by atomic mass is 19.1. The third-order valence-corrected chi connectivity index (χ3v) is 2.38. The van der Waals surface area contributed by atoms with Crippen molar-refractivity contribution in [1.82, 2.24) is 0 Å². The van der Waals surface area contributed by atoms with E-state index in [1.165, 1.54) is 5.56 Å². The maximum Gasteiger partial charge on any atom is 0.115 e. The van der Waals surface area contributed by atoms with Gasteiger partial charge in [-0.15, -0.1) is 0 Å². The molecule has 0 saturated heterocycles. The normalized spacial score (nSPS) is 10.8. The number of alkyl halides is 1. The van der Waals surface area contributed by atoms with E-state index in [9.17, 15) is 4.39 Å². The zero-order valence-electron chi connectivity index (χ0n) is 8.60. The van der Waals surface area contributed by atoms with Crippen molar-refractivity contribution in [3.8, 4) is 0 Å². The van der Waals surface area contributed by atoms with Crippen LogP contribution in [0, 0.1) is 0 Å². The molecule has 0 spiro atoms. The first-order valence-electron chi connectivity index (χ1n) is 4.86. The second-order valence-corrected chi connectivity index (χ2v) is 3.68. The zero-order valence-corrected chi connectivity index (χ0v) is 8.60. The highest BCUT2D eigenvalue weighted by molar-refractivity contribution is 5.33. The SMILES string of the molecule is CCc1ccc(CF)c(C(C)C)c1. The molecular formula is C12H17F. The standard InChI is InChI=1S/C12H17F/c1-4-10-5-6-11(8-13)12(7-10)9(2)3/h5-7,9H,4,8H2,1-3H3. The Labute approximate surface area is 79.8 Å². The van der Waals surface area contributed by atoms with Crippen molar-refractivity contribution >= 4 is 0 Å². The summed E-state index contributed by atoms with van der Waals surface area (Å²) in [4.78, 5) is 0. The third kappa shape index (κ3) is 2.30. The Kier molecular flexibility index (Phi) is 3.47. The lowest BCUT2D eigenvalue weighted by Gasteiger charge is -2.11. The van der Waals surface area contributed by atoms with E-state index in [4.69, 9.17) is 0 Å². The van der Waals surface area contributed by atoms with Crippen LogP contribution in [-0.2, 0) is 13.1 Å². The lowest BCUT2D eigenvalue weighted by molar-refractivity contribution is 0.480. The second-order valence-electron chi connectivity index (χ2n) is 3.68. The van der Waals surface area contributed by atoms with Crippen LogP contribution in [0.2, 0.25) is 0 Å². The van der Waals surface area contributed by atoms with E-state index >= 15 is 0 Å². The Bertz CT molecular complexity index is 276. The molecule has 0 saturated carbocycles. The molecule has 72 valence electrons. The number of hydrogen-bond donors (Lipinski definition) is 0. The fraction of sp³-hybridized carbons (Fsp3) is 0.500. The summed E-state index contributed by atoms with van der Waals surface area (Å²) >= 11 is 0. The largest absolute Gasteiger partial charge is 0.246 e. The molecule has 0 aliphatic heterocycles. The predicted octanol–water partition coefficient (Wildman–Crippen LogP) is 3.84. The molecule has 0 unspecified atom stereocenters. The van der Waals surface area contributed by atoms with E-state index in [0.717, 1.165) is 17.5 Å². The van der Waals surface area contributed by atoms with Crippen molar-refractivity contribution in [2.75, 3.05) is 0 Å². The smallest absolute Gasteiger partial charge is 0.115 e. The number of rotatable bonds is 3. The predicted molar refractivity (Wildman–Crippen MR) is 54.7 cm³/mol. The van der Waals surface area contributed by atoms with Crippen LogP contribution >= 0.6 is 0 Å². The Balaban J connectivity index is 3.10. The Morgan fingerprint density at radius 3 is 2.46 bits per heavy atom. The molecule has 1 rings (SSSR count). The monoisotopic (exact) mass is 180 g/mol. The number of benzene rings is 1. The van der Waals surface area contributed by atoms with Crippen LogP contribution in [0.5, 0.6) is 0 Å². The van der Waals surface area contributed by atoms with Gasteiger partial charge in [-0.25, -0.2) is 4.39 Å². The van der Waals surface area contributed by atoms with Gasteiger partial charge in [0.2, 0.25) is 0 Å². The minimum absolute atomic E-state index is 0.350. The average molecular weight is 180 g/mol. The molecule has 0 aromatic heterocycles. The van der Waals surface area contributed by atoms with Gasteiger partial charge in [-0.3, -0.25) is 0 Å². The van der Waals surface area contributed by atoms with Crippen LogP contribution in [0.3, 0.4) is 0 Å². The van der Waals surface area contributed by atoms with Gasteiger partial charge in [0.25, 0.3) is 0 Å². The number of aryl methyl sites for hydroxylation is 1. The van der Waals surface area contributed by atoms with Gasteiger partial charge < -0.3 is 0 Å². The maximum atomic E-state index is 12.6. The van der Waals surface area contributed by atoms with E-state index in [2.05, 4.69) is 26.8 Å². The summed E-state index contributed by atoms with van der Waals surface area (Å²) in [5.74, 6) is 0.414. The molecule has 0 fully saturated rings. The van der Waals surface area contributed by atoms with Gasteiger partial charge in [-0.1, -0.05) is 39.0 Å². The van der Waals surface area contributed by atoms with Gasteiger partial charge in [0.1, 0.15) is 6.67 Å². The van der Waals surface area contributed by atoms with Crippen LogP contribution in [-0.4, -0.2) is 0 Å². The summed E-state index contributed by atoms with van der Waals surface area (Å²) in [5.41, 5.74) is 3.29. The minimum Gasteiger partial charge on any atom is -0.246 e. The van der Waals surface area contributed by atoms with Crippen molar-refractivity contribution in [1.29, 1.82) is 0 Å². The summed E-state index contributed by atoms with van der Waals surface area (Å²) in [6.07, 6.45) is 1.02. The Morgan fingerprint density at radius 2 is 2.00 bits per heavy atom. The van der Waals surface area contributed by atoms with Crippen LogP contribution < -0.4 is 0 Å². The molecule has 0 aliphatic carbocycles. The molecular weight excluding hydrogens is 163 g/mol. The quantitative estimate of drug-likeness (QED) is 0.663. The molecule has 0 aliphatic rings. The topological polar surface area (TPSA) is 0 Å². The van der Waals surface area contributed by atoms with E-state index < -0.39 is 0 Å². The number of halogens is 1. The van der Waals surface area contributed by atoms with E-state index in [1.807, 2.05) is 12.1 Å². The van der Waals surface area contributed by atoms with Gasteiger partial charge >= 0.3 is 0 Å². The van der Waals surface area contributed by atoms with Crippen LogP contribution in [0.1, 0.15) is 43.4 Å². The molecule has 0 radical (unpaired) electrons. The lowest BCUT2D eigenvalue weighted by Crippen LogP contribution is -1.96. The molecule has 13 heavy (non-hydrogen) atoms. The zero-order chi connectivity index (χ0) is 9.84. The fourth-order valence-corrected chi connectivity index (χ4v) is 1.52. The summed E-state index contributed by atoms with van der Waals surface area (Å²) in [6.45, 7) is 5.98. The molecule has 0 atom stereocenters. The fourth-order valence-electron chi connectivity index (χ4n) is 1.52. The van der Waals surface area contributed by atoms with Gasteiger partial charge in [0.15, 0.2) is 0 Å². The minimum atomic E-state index is -0.350. The van der Waals surface area contributed by atoms with E-state index in [1.54, 1.807) is 0 Å². The second kappa shape index (κ2) is 4.40. The first-order chi connectivity index (χ1) is 6.19. The summed E-state index contributed by atoms with van der Waals surface area (Å²) < 4.78 is 12.6. The first-order valence-corrected chi connectivity index (χ1v) is 4.86. The Hall–Kier alpha value is -0.850. The first kappa shape index (κ1) is 10.2. The Morgan fingerprint density at radius 1 is 1.31 bits per heavy atom. The molecule has 1 heteroatoms. The van der Waals surface area contributed by atoms with Gasteiger partial charge in [-0.2, -0.15) is 0 Å². The van der Waals surface area contributed by atoms with Crippen LogP contribution in [0.25, 0.3) is 0 Å². The van der Waals surface area contributed by atoms with Crippen LogP contribution in [0.4, 0.5) is 4.39 Å². The molecule has 0 heterocycles. The highest BCUT2D eigenvalue weighted by Gasteiger charge is 2.06. The summed E-state index contributed by atoms with van der Waals surface area (Å²) in [7, 11) is 0. The lowest BCUT2D eigenvalue weighted by atomic mass is 9.95.